The summed E-state index contributed by atoms with van der Waals surface area (Å²) in [6.45, 7) is 2.68. The van der Waals surface area contributed by atoms with Crippen molar-refractivity contribution in [3.05, 3.63) is 36.5 Å². The molecule has 0 fully saturated rings. The van der Waals surface area contributed by atoms with Crippen LogP contribution in [0.2, 0.25) is 0 Å². The second-order valence-electron chi connectivity index (χ2n) is 12.4. The van der Waals surface area contributed by atoms with Crippen molar-refractivity contribution in [3.8, 4) is 0 Å². The van der Waals surface area contributed by atoms with Gasteiger partial charge in [0.1, 0.15) is 12.6 Å². The van der Waals surface area contributed by atoms with Gasteiger partial charge >= 0.3 is 25.7 Å². The Balaban J connectivity index is 4.47. The monoisotopic (exact) mass is 715 g/mol. The molecule has 3 atom stereocenters. The maximum atomic E-state index is 12.5. The molecule has 0 aromatic carbocycles. The van der Waals surface area contributed by atoms with E-state index in [0.29, 0.717) is 12.8 Å². The number of nitrogens with two attached hydrogens (primary N) is 1. The first-order valence-electron chi connectivity index (χ1n) is 18.5. The van der Waals surface area contributed by atoms with Crippen LogP contribution in [0.3, 0.4) is 0 Å². The number of carboxylic acid groups (broad SMARTS) is 1. The topological polar surface area (TPSA) is 172 Å². The molecule has 4 N–H and O–H groups in total. The molecule has 0 rings (SSSR count). The highest BCUT2D eigenvalue weighted by Crippen LogP contribution is 2.43. The van der Waals surface area contributed by atoms with Crippen LogP contribution in [-0.4, -0.2) is 59.9 Å². The maximum Gasteiger partial charge on any atom is 0.472 e. The number of ether oxygens (including phenoxy) is 2. The van der Waals surface area contributed by atoms with Gasteiger partial charge in [-0.1, -0.05) is 121 Å². The standard InChI is InChI=1S/C37H66NO10P/c1-3-5-7-9-11-13-14-15-16-17-18-19-20-21-23-25-27-29-36(40)48-33(31-46-49(43,44)47-32-34(38)37(41)42)30-45-35(39)28-26-24-22-12-10-8-6-4-2/h11,13,15-16,18-19,33-34H,3-10,12,14,17,20-32,38H2,1-2H3,(H,41,42)(H,43,44)/b13-11+,16-15+,19-18+/t33-,34-/m0/s1. The van der Waals surface area contributed by atoms with Gasteiger partial charge in [-0.05, 0) is 51.4 Å². The average Bonchev–Trinajstić information content (AvgIpc) is 3.07. The molecule has 0 heterocycles. The summed E-state index contributed by atoms with van der Waals surface area (Å²) in [5.74, 6) is -2.42. The molecule has 0 radical (unpaired) electrons. The lowest BCUT2D eigenvalue weighted by molar-refractivity contribution is -0.161. The van der Waals surface area contributed by atoms with Crippen LogP contribution in [-0.2, 0) is 37.5 Å². The number of allylic oxidation sites excluding steroid dienone is 6. The van der Waals surface area contributed by atoms with Crippen LogP contribution in [0.15, 0.2) is 36.5 Å². The minimum absolute atomic E-state index is 0.136. The first kappa shape index (κ1) is 46.7. The van der Waals surface area contributed by atoms with Gasteiger partial charge in [0.05, 0.1) is 13.2 Å². The molecule has 0 aromatic rings. The molecule has 0 aromatic heterocycles. The van der Waals surface area contributed by atoms with Crippen LogP contribution < -0.4 is 5.73 Å². The zero-order valence-corrected chi connectivity index (χ0v) is 31.2. The lowest BCUT2D eigenvalue weighted by Crippen LogP contribution is -2.34. The van der Waals surface area contributed by atoms with E-state index in [4.69, 9.17) is 24.8 Å². The van der Waals surface area contributed by atoms with Gasteiger partial charge in [0, 0.05) is 12.8 Å². The molecule has 0 aliphatic heterocycles. The van der Waals surface area contributed by atoms with Crippen molar-refractivity contribution < 1.29 is 47.5 Å². The number of rotatable bonds is 34. The van der Waals surface area contributed by atoms with E-state index in [-0.39, 0.29) is 19.4 Å². The molecule has 49 heavy (non-hydrogen) atoms. The smallest absolute Gasteiger partial charge is 0.472 e. The molecule has 0 bridgehead atoms. The zero-order valence-electron chi connectivity index (χ0n) is 30.3. The normalized spacial score (nSPS) is 14.4. The number of carbonyl (C=O) groups is 3. The van der Waals surface area contributed by atoms with Crippen LogP contribution in [0.1, 0.15) is 149 Å². The molecule has 1 unspecified atom stereocenters. The SMILES string of the molecule is CCCCC/C=C/C/C=C/C/C=C/CCCCCCC(=O)O[C@@H](COC(=O)CCCCCCCCCC)COP(=O)(O)OC[C@H](N)C(=O)O. The lowest BCUT2D eigenvalue weighted by Gasteiger charge is -2.20. The fraction of sp³-hybridized carbons (Fsp3) is 0.757. The minimum Gasteiger partial charge on any atom is -0.480 e. The van der Waals surface area contributed by atoms with Gasteiger partial charge in [-0.15, -0.1) is 0 Å². The molecular weight excluding hydrogens is 649 g/mol. The van der Waals surface area contributed by atoms with E-state index < -0.39 is 51.1 Å². The van der Waals surface area contributed by atoms with Crippen LogP contribution in [0.5, 0.6) is 0 Å². The van der Waals surface area contributed by atoms with Gasteiger partial charge in [-0.25, -0.2) is 4.57 Å². The number of aliphatic carboxylic acids is 1. The van der Waals surface area contributed by atoms with Crippen LogP contribution in [0, 0.1) is 0 Å². The third kappa shape index (κ3) is 32.7. The van der Waals surface area contributed by atoms with E-state index in [2.05, 4.69) is 54.8 Å². The van der Waals surface area contributed by atoms with Crippen LogP contribution in [0.4, 0.5) is 0 Å². The van der Waals surface area contributed by atoms with Gasteiger partial charge < -0.3 is 25.2 Å². The Kier molecular flexibility index (Phi) is 31.3. The Labute approximate surface area is 295 Å². The minimum atomic E-state index is -4.71. The van der Waals surface area contributed by atoms with Crippen LogP contribution >= 0.6 is 7.82 Å². The second kappa shape index (κ2) is 32.9. The summed E-state index contributed by atoms with van der Waals surface area (Å²) in [5.41, 5.74) is 5.30. The van der Waals surface area contributed by atoms with Crippen molar-refractivity contribution in [1.29, 1.82) is 0 Å². The van der Waals surface area contributed by atoms with Crippen LogP contribution in [0.25, 0.3) is 0 Å². The van der Waals surface area contributed by atoms with Gasteiger partial charge in [0.2, 0.25) is 0 Å². The number of esters is 2. The molecule has 11 nitrogen and oxygen atoms in total. The molecule has 0 aliphatic carbocycles. The summed E-state index contributed by atoms with van der Waals surface area (Å²) >= 11 is 0. The summed E-state index contributed by atoms with van der Waals surface area (Å²) in [7, 11) is -4.71. The van der Waals surface area contributed by atoms with Crippen molar-refractivity contribution in [3.63, 3.8) is 0 Å². The third-order valence-corrected chi connectivity index (χ3v) is 8.59. The fourth-order valence-corrected chi connectivity index (χ4v) is 5.44. The molecule has 0 spiro atoms. The Hall–Kier alpha value is -2.30. The first-order chi connectivity index (χ1) is 23.6. The van der Waals surface area contributed by atoms with Crippen molar-refractivity contribution in [2.45, 2.75) is 161 Å². The number of phosphoric acid groups is 1. The highest BCUT2D eigenvalue weighted by molar-refractivity contribution is 7.47. The number of carboxylic acids is 1. The summed E-state index contributed by atoms with van der Waals surface area (Å²) in [6.07, 6.45) is 32.3. The first-order valence-corrected chi connectivity index (χ1v) is 20.0. The molecule has 284 valence electrons. The van der Waals surface area contributed by atoms with Gasteiger partial charge in [-0.3, -0.25) is 23.4 Å². The largest absolute Gasteiger partial charge is 0.480 e. The van der Waals surface area contributed by atoms with E-state index >= 15 is 0 Å². The number of phosphoric ester groups is 1. The summed E-state index contributed by atoms with van der Waals surface area (Å²) in [5, 5.41) is 8.84. The molecular formula is C37H66NO10P. The molecule has 0 aliphatic rings. The lowest BCUT2D eigenvalue weighted by atomic mass is 10.1. The van der Waals surface area contributed by atoms with Crippen molar-refractivity contribution in [1.82, 2.24) is 0 Å². The third-order valence-electron chi connectivity index (χ3n) is 7.64. The molecule has 0 saturated heterocycles. The van der Waals surface area contributed by atoms with Gasteiger partial charge in [0.25, 0.3) is 0 Å². The molecule has 0 amide bonds. The Bertz CT molecular complexity index is 984. The fourth-order valence-electron chi connectivity index (χ4n) is 4.66. The highest BCUT2D eigenvalue weighted by Gasteiger charge is 2.28. The number of hydrogen-bond donors (Lipinski definition) is 3. The van der Waals surface area contributed by atoms with E-state index in [1.54, 1.807) is 0 Å². The number of carbonyl (C=O) groups excluding carboxylic acids is 2. The van der Waals surface area contributed by atoms with E-state index in [9.17, 15) is 23.8 Å². The second-order valence-corrected chi connectivity index (χ2v) is 13.8. The average molecular weight is 716 g/mol. The Morgan fingerprint density at radius 3 is 1.65 bits per heavy atom. The highest BCUT2D eigenvalue weighted by atomic mass is 31.2. The summed E-state index contributed by atoms with van der Waals surface area (Å²) in [6, 6.07) is -1.52. The molecule has 0 saturated carbocycles. The Morgan fingerprint density at radius 1 is 0.633 bits per heavy atom. The van der Waals surface area contributed by atoms with Gasteiger partial charge in [0.15, 0.2) is 6.10 Å². The van der Waals surface area contributed by atoms with Crippen molar-refractivity contribution in [2.24, 2.45) is 5.73 Å². The number of hydrogen-bond acceptors (Lipinski definition) is 9. The zero-order chi connectivity index (χ0) is 36.4. The predicted molar refractivity (Wildman–Crippen MR) is 194 cm³/mol. The maximum absolute atomic E-state index is 12.5. The van der Waals surface area contributed by atoms with E-state index in [0.717, 1.165) is 64.2 Å². The van der Waals surface area contributed by atoms with Crippen molar-refractivity contribution in [2.75, 3.05) is 19.8 Å². The van der Waals surface area contributed by atoms with Crippen molar-refractivity contribution >= 4 is 25.7 Å². The van der Waals surface area contributed by atoms with E-state index in [1.165, 1.54) is 44.9 Å². The summed E-state index contributed by atoms with van der Waals surface area (Å²) < 4.78 is 32.4. The van der Waals surface area contributed by atoms with Gasteiger partial charge in [-0.2, -0.15) is 0 Å². The summed E-state index contributed by atoms with van der Waals surface area (Å²) in [4.78, 5) is 45.6. The molecule has 12 heteroatoms. The quantitative estimate of drug-likeness (QED) is 0.0251. The Morgan fingerprint density at radius 2 is 1.08 bits per heavy atom. The predicted octanol–water partition coefficient (Wildman–Crippen LogP) is 8.89. The van der Waals surface area contributed by atoms with E-state index in [1.807, 2.05) is 0 Å². The number of unbranched alkanes of at least 4 members (excludes halogenated alkanes) is 14.